The molecule has 0 fully saturated rings. The summed E-state index contributed by atoms with van der Waals surface area (Å²) in [7, 11) is 2.10. The van der Waals surface area contributed by atoms with Crippen molar-refractivity contribution in [2.45, 2.75) is 39.8 Å². The van der Waals surface area contributed by atoms with E-state index < -0.39 is 0 Å². The molecule has 0 aliphatic carbocycles. The normalized spacial score (nSPS) is 13.1. The predicted octanol–water partition coefficient (Wildman–Crippen LogP) is 2.51. The van der Waals surface area contributed by atoms with Crippen molar-refractivity contribution in [2.75, 3.05) is 13.6 Å². The number of rotatable bonds is 5. The molecule has 1 atom stereocenters. The quantitative estimate of drug-likeness (QED) is 0.826. The molecule has 1 aromatic carbocycles. The smallest absolute Gasteiger partial charge is 0.0524 e. The first-order valence-corrected chi connectivity index (χ1v) is 5.92. The maximum Gasteiger partial charge on any atom is 0.0524 e. The van der Waals surface area contributed by atoms with Crippen LogP contribution in [0, 0.1) is 13.8 Å². The molecule has 0 spiro atoms. The van der Waals surface area contributed by atoms with Crippen LogP contribution >= 0.6 is 0 Å². The lowest BCUT2D eigenvalue weighted by Gasteiger charge is -2.19. The lowest BCUT2D eigenvalue weighted by molar-refractivity contribution is 0.163. The highest BCUT2D eigenvalue weighted by atomic mass is 16.3. The van der Waals surface area contributed by atoms with E-state index in [1.165, 1.54) is 16.7 Å². The second-order valence-corrected chi connectivity index (χ2v) is 4.81. The van der Waals surface area contributed by atoms with Gasteiger partial charge in [0, 0.05) is 13.1 Å². The van der Waals surface area contributed by atoms with Crippen LogP contribution in [0.3, 0.4) is 0 Å². The highest BCUT2D eigenvalue weighted by Crippen LogP contribution is 2.12. The largest absolute Gasteiger partial charge is 0.393 e. The lowest BCUT2D eigenvalue weighted by atomic mass is 10.1. The standard InChI is InChI=1S/C14H23NO/c1-11-5-6-14(12(2)9-11)10-15(4)8-7-13(3)16/h5-6,9,13,16H,7-8,10H2,1-4H3. The summed E-state index contributed by atoms with van der Waals surface area (Å²) in [6.07, 6.45) is 0.628. The fourth-order valence-corrected chi connectivity index (χ4v) is 1.80. The Balaban J connectivity index is 2.52. The van der Waals surface area contributed by atoms with Crippen molar-refractivity contribution in [3.63, 3.8) is 0 Å². The molecule has 0 heterocycles. The second-order valence-electron chi connectivity index (χ2n) is 4.81. The zero-order valence-corrected chi connectivity index (χ0v) is 10.8. The molecule has 0 aromatic heterocycles. The third-order valence-electron chi connectivity index (χ3n) is 2.87. The van der Waals surface area contributed by atoms with E-state index in [1.807, 2.05) is 6.92 Å². The van der Waals surface area contributed by atoms with E-state index >= 15 is 0 Å². The molecular weight excluding hydrogens is 198 g/mol. The highest BCUT2D eigenvalue weighted by molar-refractivity contribution is 5.30. The Morgan fingerprint density at radius 3 is 2.56 bits per heavy atom. The Hall–Kier alpha value is -0.860. The van der Waals surface area contributed by atoms with Crippen molar-refractivity contribution in [2.24, 2.45) is 0 Å². The van der Waals surface area contributed by atoms with Crippen molar-refractivity contribution in [1.29, 1.82) is 0 Å². The maximum atomic E-state index is 9.23. The van der Waals surface area contributed by atoms with Gasteiger partial charge in [-0.2, -0.15) is 0 Å². The summed E-state index contributed by atoms with van der Waals surface area (Å²) in [6, 6.07) is 6.58. The Bertz CT molecular complexity index is 334. The topological polar surface area (TPSA) is 23.5 Å². The molecule has 0 radical (unpaired) electrons. The molecule has 90 valence electrons. The van der Waals surface area contributed by atoms with Gasteiger partial charge in [-0.3, -0.25) is 0 Å². The zero-order chi connectivity index (χ0) is 12.1. The van der Waals surface area contributed by atoms with E-state index in [0.29, 0.717) is 0 Å². The van der Waals surface area contributed by atoms with Gasteiger partial charge < -0.3 is 10.0 Å². The van der Waals surface area contributed by atoms with Crippen molar-refractivity contribution in [3.8, 4) is 0 Å². The highest BCUT2D eigenvalue weighted by Gasteiger charge is 2.04. The summed E-state index contributed by atoms with van der Waals surface area (Å²) in [5.41, 5.74) is 4.04. The molecule has 1 unspecified atom stereocenters. The first-order valence-electron chi connectivity index (χ1n) is 5.92. The Kier molecular flexibility index (Phi) is 4.97. The SMILES string of the molecule is Cc1ccc(CN(C)CCC(C)O)c(C)c1. The van der Waals surface area contributed by atoms with E-state index in [0.717, 1.165) is 19.5 Å². The van der Waals surface area contributed by atoms with Crippen molar-refractivity contribution in [3.05, 3.63) is 34.9 Å². The molecule has 0 saturated carbocycles. The predicted molar refractivity (Wildman–Crippen MR) is 68.5 cm³/mol. The fraction of sp³-hybridized carbons (Fsp3) is 0.571. The average molecular weight is 221 g/mol. The number of aliphatic hydroxyl groups excluding tert-OH is 1. The molecule has 1 aromatic rings. The second kappa shape index (κ2) is 6.02. The average Bonchev–Trinajstić information content (AvgIpc) is 2.19. The monoisotopic (exact) mass is 221 g/mol. The third-order valence-corrected chi connectivity index (χ3v) is 2.87. The fourth-order valence-electron chi connectivity index (χ4n) is 1.80. The first kappa shape index (κ1) is 13.2. The molecule has 0 saturated heterocycles. The summed E-state index contributed by atoms with van der Waals surface area (Å²) < 4.78 is 0. The van der Waals surface area contributed by atoms with E-state index in [-0.39, 0.29) is 6.10 Å². The van der Waals surface area contributed by atoms with Gasteiger partial charge in [0.15, 0.2) is 0 Å². The number of benzene rings is 1. The summed E-state index contributed by atoms with van der Waals surface area (Å²) in [5, 5.41) is 9.23. The van der Waals surface area contributed by atoms with E-state index in [9.17, 15) is 5.11 Å². The van der Waals surface area contributed by atoms with Crippen molar-refractivity contribution < 1.29 is 5.11 Å². The molecule has 0 aliphatic heterocycles. The molecule has 0 aliphatic rings. The molecule has 0 amide bonds. The van der Waals surface area contributed by atoms with Crippen LogP contribution in [0.1, 0.15) is 30.0 Å². The molecule has 2 heteroatoms. The van der Waals surface area contributed by atoms with Gasteiger partial charge >= 0.3 is 0 Å². The summed E-state index contributed by atoms with van der Waals surface area (Å²) in [5.74, 6) is 0. The van der Waals surface area contributed by atoms with Gasteiger partial charge in [-0.05, 0) is 45.4 Å². The molecule has 1 rings (SSSR count). The number of aryl methyl sites for hydroxylation is 2. The van der Waals surface area contributed by atoms with Crippen molar-refractivity contribution in [1.82, 2.24) is 4.90 Å². The van der Waals surface area contributed by atoms with Gasteiger partial charge in [0.1, 0.15) is 0 Å². The molecule has 1 N–H and O–H groups in total. The van der Waals surface area contributed by atoms with Crippen LogP contribution in [0.4, 0.5) is 0 Å². The van der Waals surface area contributed by atoms with Gasteiger partial charge in [-0.1, -0.05) is 23.8 Å². The van der Waals surface area contributed by atoms with Gasteiger partial charge in [-0.15, -0.1) is 0 Å². The van der Waals surface area contributed by atoms with E-state index in [2.05, 4.69) is 44.0 Å². The van der Waals surface area contributed by atoms with Crippen LogP contribution in [-0.2, 0) is 6.54 Å². The van der Waals surface area contributed by atoms with Gasteiger partial charge in [-0.25, -0.2) is 0 Å². The Morgan fingerprint density at radius 1 is 1.31 bits per heavy atom. The number of hydrogen-bond acceptors (Lipinski definition) is 2. The minimum atomic E-state index is -0.207. The van der Waals surface area contributed by atoms with Gasteiger partial charge in [0.05, 0.1) is 6.10 Å². The minimum absolute atomic E-state index is 0.207. The minimum Gasteiger partial charge on any atom is -0.393 e. The van der Waals surface area contributed by atoms with E-state index in [1.54, 1.807) is 0 Å². The van der Waals surface area contributed by atoms with Crippen molar-refractivity contribution >= 4 is 0 Å². The molecule has 2 nitrogen and oxygen atoms in total. The van der Waals surface area contributed by atoms with Crippen LogP contribution in [0.25, 0.3) is 0 Å². The number of hydrogen-bond donors (Lipinski definition) is 1. The summed E-state index contributed by atoms with van der Waals surface area (Å²) in [4.78, 5) is 2.25. The lowest BCUT2D eigenvalue weighted by Crippen LogP contribution is -2.22. The number of nitrogens with zero attached hydrogens (tertiary/aromatic N) is 1. The van der Waals surface area contributed by atoms with Gasteiger partial charge in [0.25, 0.3) is 0 Å². The zero-order valence-electron chi connectivity index (χ0n) is 10.8. The Morgan fingerprint density at radius 2 is 2.00 bits per heavy atom. The van der Waals surface area contributed by atoms with Crippen LogP contribution < -0.4 is 0 Å². The molecular formula is C14H23NO. The summed E-state index contributed by atoms with van der Waals surface area (Å²) >= 11 is 0. The first-order chi connectivity index (χ1) is 7.49. The van der Waals surface area contributed by atoms with E-state index in [4.69, 9.17) is 0 Å². The van der Waals surface area contributed by atoms with Gasteiger partial charge in [0.2, 0.25) is 0 Å². The van der Waals surface area contributed by atoms with Crippen LogP contribution in [0.15, 0.2) is 18.2 Å². The molecule has 0 bridgehead atoms. The van der Waals surface area contributed by atoms with Crippen LogP contribution in [-0.4, -0.2) is 29.7 Å². The van der Waals surface area contributed by atoms with Crippen LogP contribution in [0.2, 0.25) is 0 Å². The Labute approximate surface area is 98.9 Å². The summed E-state index contributed by atoms with van der Waals surface area (Å²) in [6.45, 7) is 8.01. The molecule has 16 heavy (non-hydrogen) atoms. The van der Waals surface area contributed by atoms with Crippen LogP contribution in [0.5, 0.6) is 0 Å². The maximum absolute atomic E-state index is 9.23. The third kappa shape index (κ3) is 4.33. The number of aliphatic hydroxyl groups is 1.